The van der Waals surface area contributed by atoms with E-state index in [1.54, 1.807) is 37.3 Å². The number of amides is 1. The number of rotatable bonds is 6. The Morgan fingerprint density at radius 1 is 1.28 bits per heavy atom. The Morgan fingerprint density at radius 3 is 2.77 bits per heavy atom. The lowest BCUT2D eigenvalue weighted by atomic mass is 9.94. The van der Waals surface area contributed by atoms with Crippen molar-refractivity contribution in [1.29, 1.82) is 0 Å². The van der Waals surface area contributed by atoms with Crippen LogP contribution in [0.4, 0.5) is 5.13 Å². The van der Waals surface area contributed by atoms with Crippen LogP contribution in [0.2, 0.25) is 10.0 Å². The molecule has 0 spiro atoms. The van der Waals surface area contributed by atoms with E-state index in [1.165, 1.54) is 12.1 Å². The lowest BCUT2D eigenvalue weighted by molar-refractivity contribution is -0.132. The second-order valence-electron chi connectivity index (χ2n) is 9.09. The number of benzene rings is 2. The average molecular weight is 585 g/mol. The number of aliphatic hydroxyl groups is 1. The minimum atomic E-state index is -1.14. The zero-order valence-corrected chi connectivity index (χ0v) is 23.2. The van der Waals surface area contributed by atoms with Crippen LogP contribution >= 0.6 is 34.5 Å². The van der Waals surface area contributed by atoms with Gasteiger partial charge in [0.25, 0.3) is 5.78 Å². The first kappa shape index (κ1) is 26.9. The predicted octanol–water partition coefficient (Wildman–Crippen LogP) is 6.05. The number of aromatic nitrogens is 1. The van der Waals surface area contributed by atoms with E-state index in [1.807, 2.05) is 6.92 Å². The molecule has 39 heavy (non-hydrogen) atoms. The van der Waals surface area contributed by atoms with E-state index in [0.717, 1.165) is 21.8 Å². The van der Waals surface area contributed by atoms with Crippen LogP contribution in [0.1, 0.15) is 45.0 Å². The number of Topliss-reactive ketones (excluding diaryl/α,β-unsaturated/α-hetero) is 1. The molecule has 2 atom stereocenters. The number of carbonyl (C=O) groups is 3. The van der Waals surface area contributed by atoms with Crippen LogP contribution < -0.4 is 9.64 Å². The van der Waals surface area contributed by atoms with Crippen molar-refractivity contribution < 1.29 is 29.0 Å². The van der Waals surface area contributed by atoms with Crippen molar-refractivity contribution in [2.75, 3.05) is 11.5 Å². The van der Waals surface area contributed by atoms with Crippen LogP contribution in [-0.2, 0) is 20.7 Å². The molecule has 2 aliphatic heterocycles. The van der Waals surface area contributed by atoms with E-state index in [0.29, 0.717) is 34.0 Å². The van der Waals surface area contributed by atoms with Crippen LogP contribution in [0, 0.1) is 6.92 Å². The molecule has 200 valence electrons. The van der Waals surface area contributed by atoms with E-state index >= 15 is 0 Å². The molecule has 0 radical (unpaired) electrons. The minimum Gasteiger partial charge on any atom is -0.507 e. The predicted molar refractivity (Wildman–Crippen MR) is 149 cm³/mol. The first-order chi connectivity index (χ1) is 18.6. The minimum absolute atomic E-state index is 0.000991. The summed E-state index contributed by atoms with van der Waals surface area (Å²) in [5, 5.41) is 12.1. The molecule has 3 aromatic rings. The Hall–Kier alpha value is -3.66. The summed E-state index contributed by atoms with van der Waals surface area (Å²) in [6.45, 7) is 7.06. The zero-order valence-electron chi connectivity index (χ0n) is 20.9. The highest BCUT2D eigenvalue weighted by Crippen LogP contribution is 2.46. The van der Waals surface area contributed by atoms with Gasteiger partial charge >= 0.3 is 11.9 Å². The molecular weight excluding hydrogens is 563 g/mol. The number of aliphatic hydroxyl groups excluding tert-OH is 1. The standard InChI is InChI=1S/C28H22Cl2N2O6S/c1-4-9-37-27(36)25-14(3)31-28(39-25)32-22(18-7-6-17(29)12-19(18)30)21(24(34)26(32)35)23(33)15-5-8-20-16(11-15)10-13(2)38-20/h4-8,11-13,22,33H,1,9-10H2,2-3H3/b23-21+. The van der Waals surface area contributed by atoms with Crippen molar-refractivity contribution in [2.24, 2.45) is 0 Å². The summed E-state index contributed by atoms with van der Waals surface area (Å²) in [5.74, 6) is -2.15. The number of halogens is 2. The number of ketones is 1. The summed E-state index contributed by atoms with van der Waals surface area (Å²) in [6, 6.07) is 8.59. The van der Waals surface area contributed by atoms with Crippen LogP contribution in [0.25, 0.3) is 5.76 Å². The number of ether oxygens (including phenoxy) is 2. The second kappa shape index (κ2) is 10.5. The van der Waals surface area contributed by atoms with Crippen LogP contribution in [0.3, 0.4) is 0 Å². The quantitative estimate of drug-likeness (QED) is 0.123. The third-order valence-corrected chi connectivity index (χ3v) is 8.08. The zero-order chi connectivity index (χ0) is 28.0. The molecule has 1 amide bonds. The summed E-state index contributed by atoms with van der Waals surface area (Å²) in [5.41, 5.74) is 1.73. The van der Waals surface area contributed by atoms with E-state index in [9.17, 15) is 19.5 Å². The molecule has 2 aromatic carbocycles. The second-order valence-corrected chi connectivity index (χ2v) is 10.9. The number of nitrogens with zero attached hydrogens (tertiary/aromatic N) is 2. The highest BCUT2D eigenvalue weighted by Gasteiger charge is 2.49. The van der Waals surface area contributed by atoms with Crippen molar-refractivity contribution in [3.8, 4) is 5.75 Å². The van der Waals surface area contributed by atoms with Crippen LogP contribution in [0.5, 0.6) is 5.75 Å². The number of esters is 1. The first-order valence-corrected chi connectivity index (χ1v) is 13.5. The molecule has 1 aromatic heterocycles. The largest absolute Gasteiger partial charge is 0.507 e. The van der Waals surface area contributed by atoms with Gasteiger partial charge in [-0.25, -0.2) is 9.78 Å². The van der Waals surface area contributed by atoms with Gasteiger partial charge < -0.3 is 14.6 Å². The smallest absolute Gasteiger partial charge is 0.350 e. The number of anilines is 1. The molecule has 0 aliphatic carbocycles. The molecule has 5 rings (SSSR count). The molecular formula is C28H22Cl2N2O6S. The molecule has 8 nitrogen and oxygen atoms in total. The molecule has 0 bridgehead atoms. The van der Waals surface area contributed by atoms with E-state index in [-0.39, 0.29) is 39.1 Å². The highest BCUT2D eigenvalue weighted by molar-refractivity contribution is 7.17. The van der Waals surface area contributed by atoms with Gasteiger partial charge in [-0.1, -0.05) is 53.3 Å². The Balaban J connectivity index is 1.67. The third-order valence-electron chi connectivity index (χ3n) is 6.38. The van der Waals surface area contributed by atoms with Crippen molar-refractivity contribution in [3.05, 3.63) is 91.9 Å². The van der Waals surface area contributed by atoms with Gasteiger partial charge in [0.05, 0.1) is 17.3 Å². The van der Waals surface area contributed by atoms with E-state index in [4.69, 9.17) is 32.7 Å². The topological polar surface area (TPSA) is 106 Å². The van der Waals surface area contributed by atoms with Crippen molar-refractivity contribution in [1.82, 2.24) is 4.98 Å². The number of carbonyl (C=O) groups excluding carboxylic acids is 3. The molecule has 2 unspecified atom stereocenters. The summed E-state index contributed by atoms with van der Waals surface area (Å²) in [7, 11) is 0. The van der Waals surface area contributed by atoms with E-state index < -0.39 is 23.7 Å². The van der Waals surface area contributed by atoms with Crippen molar-refractivity contribution in [2.45, 2.75) is 32.4 Å². The molecule has 2 aliphatic rings. The Labute approximate surface area is 238 Å². The maximum atomic E-state index is 13.5. The Kier molecular flexibility index (Phi) is 7.24. The fourth-order valence-corrected chi connectivity index (χ4v) is 6.15. The number of hydrogen-bond acceptors (Lipinski definition) is 8. The molecule has 1 saturated heterocycles. The lowest BCUT2D eigenvalue weighted by Gasteiger charge is -2.24. The highest BCUT2D eigenvalue weighted by atomic mass is 35.5. The maximum absolute atomic E-state index is 13.5. The van der Waals surface area contributed by atoms with E-state index in [2.05, 4.69) is 11.6 Å². The summed E-state index contributed by atoms with van der Waals surface area (Å²) >= 11 is 13.6. The van der Waals surface area contributed by atoms with Gasteiger partial charge in [-0.2, -0.15) is 0 Å². The van der Waals surface area contributed by atoms with Gasteiger partial charge in [0.1, 0.15) is 29.1 Å². The maximum Gasteiger partial charge on any atom is 0.350 e. The fraction of sp³-hybridized carbons (Fsp3) is 0.214. The molecule has 1 fully saturated rings. The SMILES string of the molecule is C=CCOC(=O)c1sc(N2C(=O)C(=O)/C(=C(/O)c3ccc4c(c3)CC(C)O4)C2c2ccc(Cl)cc2Cl)nc1C. The molecule has 11 heteroatoms. The third kappa shape index (κ3) is 4.82. The van der Waals surface area contributed by atoms with Gasteiger partial charge in [0.2, 0.25) is 0 Å². The number of thiazole rings is 1. The molecule has 1 N–H and O–H groups in total. The van der Waals surface area contributed by atoms with Crippen molar-refractivity contribution in [3.63, 3.8) is 0 Å². The molecule has 3 heterocycles. The normalized spacial score (nSPS) is 19.6. The summed E-state index contributed by atoms with van der Waals surface area (Å²) in [6.07, 6.45) is 2.05. The van der Waals surface area contributed by atoms with Gasteiger partial charge in [0.15, 0.2) is 5.13 Å². The van der Waals surface area contributed by atoms with Crippen LogP contribution in [0.15, 0.2) is 54.6 Å². The number of aryl methyl sites for hydroxylation is 1. The van der Waals surface area contributed by atoms with Crippen LogP contribution in [-0.4, -0.2) is 40.5 Å². The number of hydrogen-bond donors (Lipinski definition) is 1. The van der Waals surface area contributed by atoms with Gasteiger partial charge in [-0.15, -0.1) is 0 Å². The van der Waals surface area contributed by atoms with Crippen molar-refractivity contribution >= 4 is 63.1 Å². The first-order valence-electron chi connectivity index (χ1n) is 11.9. The lowest BCUT2D eigenvalue weighted by Crippen LogP contribution is -2.29. The van der Waals surface area contributed by atoms with Gasteiger partial charge in [-0.3, -0.25) is 14.5 Å². The Morgan fingerprint density at radius 2 is 2.05 bits per heavy atom. The van der Waals surface area contributed by atoms with Gasteiger partial charge in [0, 0.05) is 22.0 Å². The summed E-state index contributed by atoms with van der Waals surface area (Å²) < 4.78 is 10.9. The number of fused-ring (bicyclic) bond motifs is 1. The Bertz CT molecular complexity index is 1580. The van der Waals surface area contributed by atoms with Gasteiger partial charge in [-0.05, 0) is 55.3 Å². The monoisotopic (exact) mass is 584 g/mol. The average Bonchev–Trinajstić information content (AvgIpc) is 3.54. The summed E-state index contributed by atoms with van der Waals surface area (Å²) in [4.78, 5) is 45.2. The molecule has 0 saturated carbocycles. The fourth-order valence-electron chi connectivity index (χ4n) is 4.65.